The van der Waals surface area contributed by atoms with E-state index in [1.54, 1.807) is 7.05 Å². The molecule has 152 valence electrons. The van der Waals surface area contributed by atoms with E-state index >= 15 is 0 Å². The molecule has 6 heteroatoms. The topological polar surface area (TPSA) is 62.2 Å². The minimum Gasteiger partial charge on any atom is -0.369 e. The van der Waals surface area contributed by atoms with Gasteiger partial charge < -0.3 is 15.5 Å². The van der Waals surface area contributed by atoms with Crippen molar-refractivity contribution in [3.8, 4) is 0 Å². The lowest BCUT2D eigenvalue weighted by molar-refractivity contribution is 0.589. The van der Waals surface area contributed by atoms with Crippen LogP contribution in [-0.4, -0.2) is 36.0 Å². The van der Waals surface area contributed by atoms with Crippen LogP contribution in [0.5, 0.6) is 0 Å². The fourth-order valence-electron chi connectivity index (χ4n) is 4.09. The molecule has 0 unspecified atom stereocenters. The smallest absolute Gasteiger partial charge is 0.274 e. The van der Waals surface area contributed by atoms with Crippen LogP contribution in [0.15, 0.2) is 41.2 Å². The predicted molar refractivity (Wildman–Crippen MR) is 120 cm³/mol. The number of anilines is 2. The molecule has 0 saturated carbocycles. The van der Waals surface area contributed by atoms with Crippen molar-refractivity contribution in [2.75, 3.05) is 36.4 Å². The maximum absolute atomic E-state index is 12.7. The third kappa shape index (κ3) is 3.72. The van der Waals surface area contributed by atoms with Crippen molar-refractivity contribution in [2.45, 2.75) is 26.8 Å². The molecule has 1 saturated heterocycles. The first-order valence-corrected chi connectivity index (χ1v) is 10.2. The highest BCUT2D eigenvalue weighted by molar-refractivity contribution is 5.93. The SMILES string of the molecule is Cc1cccc([C@@H](C)Nc2nn(C)c(=O)c3ccc(N4CCNCC4)cc23)c1C. The van der Waals surface area contributed by atoms with Gasteiger partial charge in [0.15, 0.2) is 5.82 Å². The molecular weight excluding hydrogens is 362 g/mol. The molecule has 3 aromatic rings. The average molecular weight is 392 g/mol. The van der Waals surface area contributed by atoms with Crippen LogP contribution in [0.2, 0.25) is 0 Å². The van der Waals surface area contributed by atoms with Gasteiger partial charge in [0.25, 0.3) is 5.56 Å². The van der Waals surface area contributed by atoms with E-state index < -0.39 is 0 Å². The normalized spacial score (nSPS) is 15.5. The van der Waals surface area contributed by atoms with Crippen molar-refractivity contribution in [1.29, 1.82) is 0 Å². The van der Waals surface area contributed by atoms with E-state index in [0.29, 0.717) is 5.39 Å². The van der Waals surface area contributed by atoms with Gasteiger partial charge in [0.1, 0.15) is 0 Å². The van der Waals surface area contributed by atoms with Crippen molar-refractivity contribution >= 4 is 22.3 Å². The quantitative estimate of drug-likeness (QED) is 0.715. The Balaban J connectivity index is 1.77. The summed E-state index contributed by atoms with van der Waals surface area (Å²) in [6, 6.07) is 12.5. The van der Waals surface area contributed by atoms with E-state index in [1.807, 2.05) is 12.1 Å². The molecule has 29 heavy (non-hydrogen) atoms. The number of nitrogens with zero attached hydrogens (tertiary/aromatic N) is 3. The Morgan fingerprint density at radius 1 is 1.10 bits per heavy atom. The van der Waals surface area contributed by atoms with Crippen molar-refractivity contribution < 1.29 is 0 Å². The summed E-state index contributed by atoms with van der Waals surface area (Å²) in [6.07, 6.45) is 0. The lowest BCUT2D eigenvalue weighted by Crippen LogP contribution is -2.43. The van der Waals surface area contributed by atoms with Gasteiger partial charge in [0.2, 0.25) is 0 Å². The Morgan fingerprint density at radius 3 is 2.62 bits per heavy atom. The van der Waals surface area contributed by atoms with Crippen LogP contribution in [0.3, 0.4) is 0 Å². The van der Waals surface area contributed by atoms with Gasteiger partial charge in [0.05, 0.1) is 11.4 Å². The fourth-order valence-corrected chi connectivity index (χ4v) is 4.09. The second-order valence-corrected chi connectivity index (χ2v) is 7.90. The molecule has 1 atom stereocenters. The number of hydrogen-bond donors (Lipinski definition) is 2. The van der Waals surface area contributed by atoms with Gasteiger partial charge in [-0.05, 0) is 55.7 Å². The Kier molecular flexibility index (Phi) is 5.28. The van der Waals surface area contributed by atoms with Gasteiger partial charge in [0, 0.05) is 44.3 Å². The largest absolute Gasteiger partial charge is 0.369 e. The zero-order valence-corrected chi connectivity index (χ0v) is 17.6. The maximum Gasteiger partial charge on any atom is 0.274 e. The van der Waals surface area contributed by atoms with Gasteiger partial charge >= 0.3 is 0 Å². The molecule has 1 aromatic heterocycles. The number of aromatic nitrogens is 2. The van der Waals surface area contributed by atoms with Gasteiger partial charge in [-0.25, -0.2) is 4.68 Å². The number of hydrogen-bond acceptors (Lipinski definition) is 5. The van der Waals surface area contributed by atoms with E-state index in [9.17, 15) is 4.79 Å². The number of nitrogens with one attached hydrogen (secondary N) is 2. The van der Waals surface area contributed by atoms with E-state index in [4.69, 9.17) is 0 Å². The molecule has 0 bridgehead atoms. The highest BCUT2D eigenvalue weighted by Crippen LogP contribution is 2.29. The Bertz CT molecular complexity index is 1100. The molecule has 2 aromatic carbocycles. The Hall–Kier alpha value is -2.86. The van der Waals surface area contributed by atoms with Crippen molar-refractivity contribution in [3.05, 3.63) is 63.4 Å². The van der Waals surface area contributed by atoms with E-state index in [2.05, 4.69) is 65.7 Å². The van der Waals surface area contributed by atoms with Gasteiger partial charge in [-0.15, -0.1) is 0 Å². The van der Waals surface area contributed by atoms with E-state index in [-0.39, 0.29) is 11.6 Å². The molecule has 0 radical (unpaired) electrons. The summed E-state index contributed by atoms with van der Waals surface area (Å²) in [5, 5.41) is 13.1. The highest BCUT2D eigenvalue weighted by atomic mass is 16.1. The van der Waals surface area contributed by atoms with Crippen LogP contribution >= 0.6 is 0 Å². The summed E-state index contributed by atoms with van der Waals surface area (Å²) in [4.78, 5) is 15.0. The maximum atomic E-state index is 12.7. The molecule has 1 aliphatic rings. The number of fused-ring (bicyclic) bond motifs is 1. The number of benzene rings is 2. The van der Waals surface area contributed by atoms with Crippen molar-refractivity contribution in [1.82, 2.24) is 15.1 Å². The lowest BCUT2D eigenvalue weighted by atomic mass is 9.98. The molecule has 1 fully saturated rings. The van der Waals surface area contributed by atoms with Crippen molar-refractivity contribution in [2.24, 2.45) is 7.05 Å². The first kappa shape index (κ1) is 19.5. The summed E-state index contributed by atoms with van der Waals surface area (Å²) in [6.45, 7) is 10.3. The zero-order valence-electron chi connectivity index (χ0n) is 17.6. The fraction of sp³-hybridized carbons (Fsp3) is 0.391. The van der Waals surface area contributed by atoms with Crippen LogP contribution < -0.4 is 21.1 Å². The summed E-state index contributed by atoms with van der Waals surface area (Å²) < 4.78 is 1.42. The van der Waals surface area contributed by atoms with Crippen molar-refractivity contribution in [3.63, 3.8) is 0 Å². The molecule has 0 spiro atoms. The Morgan fingerprint density at radius 2 is 1.86 bits per heavy atom. The first-order valence-electron chi connectivity index (χ1n) is 10.2. The second-order valence-electron chi connectivity index (χ2n) is 7.90. The van der Waals surface area contributed by atoms with Crippen LogP contribution in [0.4, 0.5) is 11.5 Å². The first-order chi connectivity index (χ1) is 14.0. The van der Waals surface area contributed by atoms with Crippen LogP contribution in [0.25, 0.3) is 10.8 Å². The second kappa shape index (κ2) is 7.87. The number of piperazine rings is 1. The van der Waals surface area contributed by atoms with Gasteiger partial charge in [-0.1, -0.05) is 18.2 Å². The minimum absolute atomic E-state index is 0.0724. The summed E-state index contributed by atoms with van der Waals surface area (Å²) in [5.41, 5.74) is 4.86. The molecule has 0 aliphatic carbocycles. The highest BCUT2D eigenvalue weighted by Gasteiger charge is 2.17. The predicted octanol–water partition coefficient (Wildman–Crippen LogP) is 3.13. The van der Waals surface area contributed by atoms with E-state index in [1.165, 1.54) is 21.4 Å². The van der Waals surface area contributed by atoms with E-state index in [0.717, 1.165) is 43.1 Å². The lowest BCUT2D eigenvalue weighted by Gasteiger charge is -2.29. The summed E-state index contributed by atoms with van der Waals surface area (Å²) in [7, 11) is 1.71. The Labute approximate surface area is 171 Å². The van der Waals surface area contributed by atoms with Gasteiger partial charge in [-0.3, -0.25) is 4.79 Å². The average Bonchev–Trinajstić information content (AvgIpc) is 2.74. The molecule has 1 aliphatic heterocycles. The van der Waals surface area contributed by atoms with Crippen LogP contribution in [-0.2, 0) is 7.05 Å². The molecule has 6 nitrogen and oxygen atoms in total. The van der Waals surface area contributed by atoms with Crippen LogP contribution in [0, 0.1) is 13.8 Å². The third-order valence-electron chi connectivity index (χ3n) is 5.98. The summed E-state index contributed by atoms with van der Waals surface area (Å²) in [5.74, 6) is 0.743. The molecular formula is C23H29N5O. The third-order valence-corrected chi connectivity index (χ3v) is 5.98. The standard InChI is InChI=1S/C23H29N5O/c1-15-6-5-7-19(16(15)2)17(3)25-22-21-14-18(28-12-10-24-11-13-28)8-9-20(21)23(29)27(4)26-22/h5-9,14,17,24H,10-13H2,1-4H3,(H,25,26)/t17-/m1/s1. The molecule has 2 heterocycles. The van der Waals surface area contributed by atoms with Crippen LogP contribution in [0.1, 0.15) is 29.7 Å². The molecule has 4 rings (SSSR count). The minimum atomic E-state index is -0.0724. The number of rotatable bonds is 4. The summed E-state index contributed by atoms with van der Waals surface area (Å²) >= 11 is 0. The number of aryl methyl sites for hydroxylation is 2. The zero-order chi connectivity index (χ0) is 20.5. The molecule has 2 N–H and O–H groups in total. The molecule has 0 amide bonds. The monoisotopic (exact) mass is 391 g/mol. The van der Waals surface area contributed by atoms with Gasteiger partial charge in [-0.2, -0.15) is 5.10 Å².